The zero-order chi connectivity index (χ0) is 23.0. The lowest BCUT2D eigenvalue weighted by atomic mass is 10.0. The minimum atomic E-state index is -3.53. The topological polar surface area (TPSA) is 85.2 Å². The molecule has 0 saturated heterocycles. The molecule has 32 heavy (non-hydrogen) atoms. The lowest BCUT2D eigenvalue weighted by Crippen LogP contribution is -2.14. The van der Waals surface area contributed by atoms with E-state index in [-0.39, 0.29) is 29.2 Å². The molecule has 1 N–H and O–H groups in total. The van der Waals surface area contributed by atoms with Crippen molar-refractivity contribution in [2.24, 2.45) is 7.05 Å². The molecule has 1 heterocycles. The number of ketones is 2. The maximum absolute atomic E-state index is 14.4. The zero-order valence-electron chi connectivity index (χ0n) is 17.8. The molecule has 1 aliphatic rings. The van der Waals surface area contributed by atoms with Gasteiger partial charge in [0.1, 0.15) is 5.82 Å². The number of carbonyl (C=O) groups excluding carboxylic acids is 2. The monoisotopic (exact) mass is 454 g/mol. The van der Waals surface area contributed by atoms with Crippen LogP contribution >= 0.6 is 0 Å². The van der Waals surface area contributed by atoms with Crippen LogP contribution in [0.3, 0.4) is 0 Å². The van der Waals surface area contributed by atoms with E-state index in [2.05, 4.69) is 4.72 Å². The van der Waals surface area contributed by atoms with Gasteiger partial charge < -0.3 is 4.57 Å². The molecule has 0 atom stereocenters. The second-order valence-corrected chi connectivity index (χ2v) is 9.92. The van der Waals surface area contributed by atoms with E-state index in [4.69, 9.17) is 0 Å². The predicted molar refractivity (Wildman–Crippen MR) is 120 cm³/mol. The van der Waals surface area contributed by atoms with Gasteiger partial charge >= 0.3 is 0 Å². The number of hydrogen-bond acceptors (Lipinski definition) is 4. The molecule has 1 aromatic heterocycles. The number of halogens is 1. The third-order valence-corrected chi connectivity index (χ3v) is 6.18. The average Bonchev–Trinajstić information content (AvgIpc) is 3.50. The highest BCUT2D eigenvalue weighted by Gasteiger charge is 2.24. The number of nitrogens with zero attached hydrogens (tertiary/aromatic N) is 1. The van der Waals surface area contributed by atoms with Crippen LogP contribution in [-0.2, 0) is 23.5 Å². The van der Waals surface area contributed by atoms with E-state index >= 15 is 0 Å². The zero-order valence-corrected chi connectivity index (χ0v) is 18.6. The van der Waals surface area contributed by atoms with Crippen LogP contribution in [0.15, 0.2) is 54.6 Å². The summed E-state index contributed by atoms with van der Waals surface area (Å²) in [6.07, 6.45) is 3.13. The van der Waals surface area contributed by atoms with Crippen molar-refractivity contribution in [2.45, 2.75) is 25.2 Å². The van der Waals surface area contributed by atoms with Crippen molar-refractivity contribution in [1.82, 2.24) is 4.57 Å². The number of hydrogen-bond donors (Lipinski definition) is 1. The van der Waals surface area contributed by atoms with E-state index in [1.165, 1.54) is 35.1 Å². The smallest absolute Gasteiger partial charge is 0.229 e. The molecule has 0 radical (unpaired) electrons. The maximum Gasteiger partial charge on any atom is 0.229 e. The van der Waals surface area contributed by atoms with E-state index in [0.29, 0.717) is 22.9 Å². The molecule has 1 fully saturated rings. The van der Waals surface area contributed by atoms with Crippen molar-refractivity contribution in [3.8, 4) is 0 Å². The van der Waals surface area contributed by atoms with Crippen molar-refractivity contribution in [3.63, 3.8) is 0 Å². The van der Waals surface area contributed by atoms with Gasteiger partial charge in [-0.25, -0.2) is 12.8 Å². The van der Waals surface area contributed by atoms with Gasteiger partial charge in [0.25, 0.3) is 0 Å². The van der Waals surface area contributed by atoms with Crippen LogP contribution in [0.25, 0.3) is 0 Å². The molecule has 3 aromatic rings. The second kappa shape index (κ2) is 8.35. The third-order valence-electron chi connectivity index (χ3n) is 5.57. The molecule has 6 nitrogen and oxygen atoms in total. The highest BCUT2D eigenvalue weighted by atomic mass is 32.2. The Hall–Kier alpha value is -3.26. The van der Waals surface area contributed by atoms with Gasteiger partial charge in [-0.15, -0.1) is 0 Å². The van der Waals surface area contributed by atoms with Gasteiger partial charge in [-0.3, -0.25) is 14.3 Å². The summed E-state index contributed by atoms with van der Waals surface area (Å²) in [6.45, 7) is 0. The second-order valence-electron chi connectivity index (χ2n) is 8.17. The average molecular weight is 455 g/mol. The molecule has 1 saturated carbocycles. The number of benzene rings is 2. The van der Waals surface area contributed by atoms with Crippen LogP contribution in [-0.4, -0.2) is 30.8 Å². The van der Waals surface area contributed by atoms with Gasteiger partial charge in [-0.05, 0) is 54.2 Å². The van der Waals surface area contributed by atoms with Crippen molar-refractivity contribution >= 4 is 27.3 Å². The number of anilines is 1. The van der Waals surface area contributed by atoms with Crippen LogP contribution in [0, 0.1) is 5.82 Å². The van der Waals surface area contributed by atoms with Crippen molar-refractivity contribution in [1.29, 1.82) is 0 Å². The van der Waals surface area contributed by atoms with E-state index in [0.717, 1.165) is 12.3 Å². The highest BCUT2D eigenvalue weighted by molar-refractivity contribution is 7.92. The largest absolute Gasteiger partial charge is 0.339 e. The van der Waals surface area contributed by atoms with Gasteiger partial charge in [-0.1, -0.05) is 30.3 Å². The van der Waals surface area contributed by atoms with Crippen LogP contribution in [0.1, 0.15) is 56.4 Å². The first-order valence-corrected chi connectivity index (χ1v) is 12.1. The first-order valence-electron chi connectivity index (χ1n) is 10.2. The van der Waals surface area contributed by atoms with Crippen LogP contribution in [0.5, 0.6) is 0 Å². The van der Waals surface area contributed by atoms with Gasteiger partial charge in [-0.2, -0.15) is 0 Å². The molecular formula is C24H23FN2O4S. The first kappa shape index (κ1) is 22.0. The van der Waals surface area contributed by atoms with E-state index in [9.17, 15) is 22.4 Å². The Morgan fingerprint density at radius 3 is 2.28 bits per heavy atom. The molecule has 1 aliphatic carbocycles. The Balaban J connectivity index is 1.50. The Morgan fingerprint density at radius 2 is 1.69 bits per heavy atom. The summed E-state index contributed by atoms with van der Waals surface area (Å²) in [5.74, 6) is -0.613. The Kier molecular flexibility index (Phi) is 5.73. The maximum atomic E-state index is 14.4. The Morgan fingerprint density at radius 1 is 1.03 bits per heavy atom. The molecule has 0 aliphatic heterocycles. The summed E-state index contributed by atoms with van der Waals surface area (Å²) in [6, 6.07) is 14.5. The van der Waals surface area contributed by atoms with Gasteiger partial charge in [0.05, 0.1) is 23.3 Å². The molecule has 0 spiro atoms. The number of rotatable bonds is 8. The standard InChI is InChI=1S/C24H23FN2O4S/c1-27-21(23(28)13-18-9-10-19(14-20(18)25)26-32(2,30)31)11-12-22(27)24(29)17-7-5-16(6-8-17)15-3-4-15/h5-12,14-15,26H,3-4,13H2,1-2H3. The van der Waals surface area contributed by atoms with Crippen LogP contribution in [0.2, 0.25) is 0 Å². The number of aromatic nitrogens is 1. The summed E-state index contributed by atoms with van der Waals surface area (Å²) >= 11 is 0. The summed E-state index contributed by atoms with van der Waals surface area (Å²) in [7, 11) is -1.90. The fourth-order valence-corrected chi connectivity index (χ4v) is 4.28. The minimum absolute atomic E-state index is 0.0839. The lowest BCUT2D eigenvalue weighted by molar-refractivity contribution is 0.0983. The molecule has 2 aromatic carbocycles. The highest BCUT2D eigenvalue weighted by Crippen LogP contribution is 2.40. The number of carbonyl (C=O) groups is 2. The van der Waals surface area contributed by atoms with Crippen molar-refractivity contribution < 1.29 is 22.4 Å². The van der Waals surface area contributed by atoms with Crippen molar-refractivity contribution in [3.05, 3.63) is 88.5 Å². The fraction of sp³-hybridized carbons (Fsp3) is 0.250. The molecule has 4 rings (SSSR count). The van der Waals surface area contributed by atoms with Gasteiger partial charge in [0, 0.05) is 19.0 Å². The quantitative estimate of drug-likeness (QED) is 0.520. The number of nitrogens with one attached hydrogen (secondary N) is 1. The van der Waals surface area contributed by atoms with Gasteiger partial charge in [0.2, 0.25) is 15.8 Å². The van der Waals surface area contributed by atoms with E-state index < -0.39 is 15.8 Å². The predicted octanol–water partition coefficient (Wildman–Crippen LogP) is 4.07. The fourth-order valence-electron chi connectivity index (χ4n) is 3.72. The number of Topliss-reactive ketones (excluding diaryl/α,β-unsaturated/α-hetero) is 1. The van der Waals surface area contributed by atoms with Crippen LogP contribution in [0.4, 0.5) is 10.1 Å². The van der Waals surface area contributed by atoms with E-state index in [1.54, 1.807) is 19.2 Å². The number of sulfonamides is 1. The molecular weight excluding hydrogens is 431 g/mol. The summed E-state index contributed by atoms with van der Waals surface area (Å²) < 4.78 is 40.7. The molecule has 0 amide bonds. The summed E-state index contributed by atoms with van der Waals surface area (Å²) in [4.78, 5) is 25.7. The lowest BCUT2D eigenvalue weighted by Gasteiger charge is -2.09. The summed E-state index contributed by atoms with van der Waals surface area (Å²) in [5, 5.41) is 0. The van der Waals surface area contributed by atoms with E-state index in [1.807, 2.05) is 24.3 Å². The minimum Gasteiger partial charge on any atom is -0.339 e. The first-order chi connectivity index (χ1) is 15.1. The Labute approximate surface area is 186 Å². The molecule has 0 bridgehead atoms. The SMILES string of the molecule is Cn1c(C(=O)Cc2ccc(NS(C)(=O)=O)cc2F)ccc1C(=O)c1ccc(C2CC2)cc1. The third kappa shape index (κ3) is 4.80. The summed E-state index contributed by atoms with van der Waals surface area (Å²) in [5.41, 5.74) is 2.68. The normalized spacial score (nSPS) is 13.7. The Bertz CT molecular complexity index is 1310. The van der Waals surface area contributed by atoms with Gasteiger partial charge in [0.15, 0.2) is 5.78 Å². The molecule has 8 heteroatoms. The molecule has 166 valence electrons. The molecule has 0 unspecified atom stereocenters. The van der Waals surface area contributed by atoms with Crippen molar-refractivity contribution in [2.75, 3.05) is 11.0 Å². The van der Waals surface area contributed by atoms with Crippen LogP contribution < -0.4 is 4.72 Å².